The molecule has 1 fully saturated rings. The Bertz CT molecular complexity index is 1620. The standard InChI is InChI=1S/C32H33F3N6O3/c1-41(2)29-26-9-5-6-10-27(26)39-31(40-29)38-23-13-11-21(12-14-23)36-28(42)19-20-7-3-4-8-25(20)30(43)37-22-15-17-24(18-16-22)44-32(33,34)35/h3-10,15-18,21,23H,11-14,19H2,1-2H3,(H,36,42)(H,37,43)(H,38,39,40). The fraction of sp³-hybridized carbons (Fsp3) is 0.312. The molecule has 1 aliphatic rings. The lowest BCUT2D eigenvalue weighted by molar-refractivity contribution is -0.274. The summed E-state index contributed by atoms with van der Waals surface area (Å²) in [7, 11) is 3.91. The molecule has 3 N–H and O–H groups in total. The summed E-state index contributed by atoms with van der Waals surface area (Å²) in [4.78, 5) is 37.3. The number of carbonyl (C=O) groups excluding carboxylic acids is 2. The van der Waals surface area contributed by atoms with Crippen LogP contribution in [0, 0.1) is 0 Å². The number of benzene rings is 3. The number of amides is 2. The SMILES string of the molecule is CN(C)c1nc(NC2CCC(NC(=O)Cc3ccccc3C(=O)Nc3ccc(OC(F)(F)F)cc3)CC2)nc2ccccc12. The Morgan fingerprint density at radius 3 is 2.25 bits per heavy atom. The van der Waals surface area contributed by atoms with Gasteiger partial charge in [0.2, 0.25) is 11.9 Å². The second-order valence-electron chi connectivity index (χ2n) is 10.9. The van der Waals surface area contributed by atoms with Crippen LogP contribution in [0.5, 0.6) is 5.75 Å². The highest BCUT2D eigenvalue weighted by Gasteiger charge is 2.31. The molecule has 0 bridgehead atoms. The summed E-state index contributed by atoms with van der Waals surface area (Å²) in [6.45, 7) is 0. The number of halogens is 3. The van der Waals surface area contributed by atoms with Crippen LogP contribution in [0.3, 0.4) is 0 Å². The van der Waals surface area contributed by atoms with Crippen LogP contribution in [-0.2, 0) is 11.2 Å². The summed E-state index contributed by atoms with van der Waals surface area (Å²) in [5.41, 5.74) is 2.01. The van der Waals surface area contributed by atoms with Crippen molar-refractivity contribution in [1.82, 2.24) is 15.3 Å². The molecule has 12 heteroatoms. The number of rotatable bonds is 9. The molecule has 2 amide bonds. The molecular weight excluding hydrogens is 573 g/mol. The minimum Gasteiger partial charge on any atom is -0.406 e. The first-order valence-electron chi connectivity index (χ1n) is 14.3. The van der Waals surface area contributed by atoms with E-state index in [1.807, 2.05) is 43.3 Å². The van der Waals surface area contributed by atoms with Crippen molar-refractivity contribution in [3.05, 3.63) is 83.9 Å². The number of hydrogen-bond donors (Lipinski definition) is 3. The van der Waals surface area contributed by atoms with Crippen LogP contribution in [0.2, 0.25) is 0 Å². The molecular formula is C32H33F3N6O3. The number of nitrogens with one attached hydrogen (secondary N) is 3. The second kappa shape index (κ2) is 13.2. The van der Waals surface area contributed by atoms with E-state index in [1.165, 1.54) is 12.1 Å². The number of anilines is 3. The zero-order valence-corrected chi connectivity index (χ0v) is 24.3. The van der Waals surface area contributed by atoms with Crippen molar-refractivity contribution >= 4 is 40.2 Å². The summed E-state index contributed by atoms with van der Waals surface area (Å²) in [5.74, 6) is 0.376. The summed E-state index contributed by atoms with van der Waals surface area (Å²) in [6.07, 6.45) is -1.54. The molecule has 1 heterocycles. The average molecular weight is 607 g/mol. The van der Waals surface area contributed by atoms with Gasteiger partial charge in [0.1, 0.15) is 11.6 Å². The van der Waals surface area contributed by atoms with Crippen molar-refractivity contribution in [1.29, 1.82) is 0 Å². The van der Waals surface area contributed by atoms with Gasteiger partial charge in [-0.3, -0.25) is 9.59 Å². The zero-order valence-electron chi connectivity index (χ0n) is 24.3. The average Bonchev–Trinajstić information content (AvgIpc) is 2.98. The van der Waals surface area contributed by atoms with Crippen LogP contribution in [0.25, 0.3) is 10.9 Å². The largest absolute Gasteiger partial charge is 0.573 e. The van der Waals surface area contributed by atoms with Crippen LogP contribution >= 0.6 is 0 Å². The van der Waals surface area contributed by atoms with Gasteiger partial charge in [-0.15, -0.1) is 13.2 Å². The third-order valence-corrected chi connectivity index (χ3v) is 7.39. The van der Waals surface area contributed by atoms with E-state index in [9.17, 15) is 22.8 Å². The predicted octanol–water partition coefficient (Wildman–Crippen LogP) is 5.93. The molecule has 0 saturated heterocycles. The number of fused-ring (bicyclic) bond motifs is 1. The normalized spacial score (nSPS) is 16.7. The van der Waals surface area contributed by atoms with Gasteiger partial charge in [-0.1, -0.05) is 30.3 Å². The molecule has 230 valence electrons. The molecule has 0 spiro atoms. The minimum absolute atomic E-state index is 0.00817. The van der Waals surface area contributed by atoms with E-state index in [4.69, 9.17) is 9.97 Å². The molecule has 0 atom stereocenters. The molecule has 4 aromatic rings. The molecule has 1 aromatic heterocycles. The van der Waals surface area contributed by atoms with Crippen molar-refractivity contribution < 1.29 is 27.5 Å². The molecule has 0 radical (unpaired) electrons. The lowest BCUT2D eigenvalue weighted by Crippen LogP contribution is -2.41. The fourth-order valence-electron chi connectivity index (χ4n) is 5.32. The molecule has 1 saturated carbocycles. The molecule has 1 aliphatic carbocycles. The predicted molar refractivity (Wildman–Crippen MR) is 163 cm³/mol. The summed E-state index contributed by atoms with van der Waals surface area (Å²) in [5, 5.41) is 10.2. The van der Waals surface area contributed by atoms with Gasteiger partial charge < -0.3 is 25.6 Å². The topological polar surface area (TPSA) is 108 Å². The van der Waals surface area contributed by atoms with Gasteiger partial charge in [-0.25, -0.2) is 4.98 Å². The highest BCUT2D eigenvalue weighted by Crippen LogP contribution is 2.27. The summed E-state index contributed by atoms with van der Waals surface area (Å²) < 4.78 is 41.1. The first-order chi connectivity index (χ1) is 21.0. The number of nitrogens with zero attached hydrogens (tertiary/aromatic N) is 3. The number of para-hydroxylation sites is 1. The first-order valence-corrected chi connectivity index (χ1v) is 14.3. The van der Waals surface area contributed by atoms with Gasteiger partial charge in [0.05, 0.1) is 11.9 Å². The maximum absolute atomic E-state index is 13.0. The highest BCUT2D eigenvalue weighted by atomic mass is 19.4. The van der Waals surface area contributed by atoms with Gasteiger partial charge in [0.15, 0.2) is 0 Å². The van der Waals surface area contributed by atoms with E-state index in [1.54, 1.807) is 24.3 Å². The highest BCUT2D eigenvalue weighted by molar-refractivity contribution is 6.06. The van der Waals surface area contributed by atoms with Crippen molar-refractivity contribution in [3.63, 3.8) is 0 Å². The summed E-state index contributed by atoms with van der Waals surface area (Å²) in [6, 6.07) is 19.7. The number of alkyl halides is 3. The van der Waals surface area contributed by atoms with E-state index in [2.05, 4.69) is 20.7 Å². The van der Waals surface area contributed by atoms with Gasteiger partial charge in [-0.2, -0.15) is 4.98 Å². The lowest BCUT2D eigenvalue weighted by atomic mass is 9.91. The molecule has 9 nitrogen and oxygen atoms in total. The molecule has 5 rings (SSSR count). The van der Waals surface area contributed by atoms with E-state index < -0.39 is 18.0 Å². The monoisotopic (exact) mass is 606 g/mol. The third kappa shape index (κ3) is 7.94. The second-order valence-corrected chi connectivity index (χ2v) is 10.9. The maximum atomic E-state index is 13.0. The lowest BCUT2D eigenvalue weighted by Gasteiger charge is -2.30. The van der Waals surface area contributed by atoms with E-state index >= 15 is 0 Å². The fourth-order valence-corrected chi connectivity index (χ4v) is 5.32. The Balaban J connectivity index is 1.13. The van der Waals surface area contributed by atoms with Crippen molar-refractivity contribution in [2.45, 2.75) is 50.6 Å². The maximum Gasteiger partial charge on any atom is 0.573 e. The van der Waals surface area contributed by atoms with Gasteiger partial charge in [0, 0.05) is 42.8 Å². The van der Waals surface area contributed by atoms with Gasteiger partial charge in [-0.05, 0) is 73.7 Å². The summed E-state index contributed by atoms with van der Waals surface area (Å²) >= 11 is 0. The first kappa shape index (κ1) is 30.6. The van der Waals surface area contributed by atoms with Crippen molar-refractivity contribution in [2.75, 3.05) is 29.6 Å². The van der Waals surface area contributed by atoms with Gasteiger partial charge in [0.25, 0.3) is 5.91 Å². The Hall–Kier alpha value is -4.87. The zero-order chi connectivity index (χ0) is 31.3. The number of hydrogen-bond acceptors (Lipinski definition) is 7. The Morgan fingerprint density at radius 1 is 0.886 bits per heavy atom. The smallest absolute Gasteiger partial charge is 0.406 e. The van der Waals surface area contributed by atoms with E-state index in [-0.39, 0.29) is 24.4 Å². The molecule has 44 heavy (non-hydrogen) atoms. The third-order valence-electron chi connectivity index (χ3n) is 7.39. The van der Waals surface area contributed by atoms with Crippen LogP contribution in [-0.4, -0.2) is 54.3 Å². The van der Waals surface area contributed by atoms with Gasteiger partial charge >= 0.3 is 6.36 Å². The van der Waals surface area contributed by atoms with Crippen molar-refractivity contribution in [3.8, 4) is 5.75 Å². The Labute approximate surface area is 252 Å². The number of carbonyl (C=O) groups is 2. The Kier molecular flexibility index (Phi) is 9.17. The van der Waals surface area contributed by atoms with Crippen LogP contribution in [0.4, 0.5) is 30.6 Å². The van der Waals surface area contributed by atoms with Crippen LogP contribution < -0.4 is 25.6 Å². The molecule has 3 aromatic carbocycles. The quantitative estimate of drug-likeness (QED) is 0.217. The molecule has 0 aliphatic heterocycles. The molecule has 0 unspecified atom stereocenters. The number of ether oxygens (including phenoxy) is 1. The van der Waals surface area contributed by atoms with Crippen LogP contribution in [0.15, 0.2) is 72.8 Å². The number of aromatic nitrogens is 2. The van der Waals surface area contributed by atoms with Crippen LogP contribution in [0.1, 0.15) is 41.6 Å². The van der Waals surface area contributed by atoms with E-state index in [0.29, 0.717) is 22.8 Å². The van der Waals surface area contributed by atoms with E-state index in [0.717, 1.165) is 54.5 Å². The Morgan fingerprint density at radius 2 is 1.55 bits per heavy atom. The minimum atomic E-state index is -4.80. The van der Waals surface area contributed by atoms with Crippen molar-refractivity contribution in [2.24, 2.45) is 0 Å².